The molecular formula is C12H26N2O. The van der Waals surface area contributed by atoms with Gasteiger partial charge in [0.2, 0.25) is 0 Å². The van der Waals surface area contributed by atoms with E-state index in [2.05, 4.69) is 11.8 Å². The van der Waals surface area contributed by atoms with Gasteiger partial charge in [0.15, 0.2) is 0 Å². The van der Waals surface area contributed by atoms with Gasteiger partial charge < -0.3 is 15.4 Å². The summed E-state index contributed by atoms with van der Waals surface area (Å²) in [4.78, 5) is 2.62. The summed E-state index contributed by atoms with van der Waals surface area (Å²) in [5, 5.41) is 0. The van der Waals surface area contributed by atoms with E-state index in [0.29, 0.717) is 0 Å². The zero-order chi connectivity index (χ0) is 10.9. The number of nitrogens with zero attached hydrogens (tertiary/aromatic N) is 1. The molecule has 0 unspecified atom stereocenters. The van der Waals surface area contributed by atoms with E-state index in [1.54, 1.807) is 0 Å². The Labute approximate surface area is 94.0 Å². The van der Waals surface area contributed by atoms with Gasteiger partial charge in [0.1, 0.15) is 0 Å². The summed E-state index contributed by atoms with van der Waals surface area (Å²) in [7, 11) is 0. The summed E-state index contributed by atoms with van der Waals surface area (Å²) in [6.07, 6.45) is 6.25. The van der Waals surface area contributed by atoms with E-state index in [1.165, 1.54) is 38.8 Å². The second-order valence-electron chi connectivity index (χ2n) is 4.38. The standard InChI is InChI=1S/C12H26N2O/c1-2-8-14(12-5-6-12)9-4-11-15-10-3-7-13/h12H,2-11,13H2,1H3. The lowest BCUT2D eigenvalue weighted by atomic mass is 10.3. The van der Waals surface area contributed by atoms with Crippen molar-refractivity contribution >= 4 is 0 Å². The third kappa shape index (κ3) is 6.13. The normalized spacial score (nSPS) is 16.2. The molecule has 1 rings (SSSR count). The monoisotopic (exact) mass is 214 g/mol. The van der Waals surface area contributed by atoms with E-state index in [0.717, 1.165) is 32.2 Å². The van der Waals surface area contributed by atoms with E-state index in [9.17, 15) is 0 Å². The Morgan fingerprint density at radius 1 is 1.20 bits per heavy atom. The van der Waals surface area contributed by atoms with Crippen molar-refractivity contribution in [3.05, 3.63) is 0 Å². The van der Waals surface area contributed by atoms with Gasteiger partial charge in [0.05, 0.1) is 0 Å². The third-order valence-electron chi connectivity index (χ3n) is 2.80. The summed E-state index contributed by atoms with van der Waals surface area (Å²) in [5.41, 5.74) is 5.39. The predicted molar refractivity (Wildman–Crippen MR) is 64.0 cm³/mol. The molecule has 0 aromatic rings. The first-order valence-corrected chi connectivity index (χ1v) is 6.40. The number of hydrogen-bond donors (Lipinski definition) is 1. The average Bonchev–Trinajstić information content (AvgIpc) is 3.05. The number of nitrogens with two attached hydrogens (primary N) is 1. The minimum absolute atomic E-state index is 0.740. The maximum absolute atomic E-state index is 5.50. The van der Waals surface area contributed by atoms with Crippen LogP contribution in [-0.4, -0.2) is 43.8 Å². The van der Waals surface area contributed by atoms with Crippen molar-refractivity contribution in [1.82, 2.24) is 4.90 Å². The molecule has 0 saturated heterocycles. The fraction of sp³-hybridized carbons (Fsp3) is 1.00. The summed E-state index contributed by atoms with van der Waals surface area (Å²) in [6, 6.07) is 0.897. The van der Waals surface area contributed by atoms with Crippen LogP contribution in [0.4, 0.5) is 0 Å². The van der Waals surface area contributed by atoms with Crippen molar-refractivity contribution in [3.8, 4) is 0 Å². The fourth-order valence-corrected chi connectivity index (χ4v) is 1.86. The second kappa shape index (κ2) is 8.08. The van der Waals surface area contributed by atoms with E-state index >= 15 is 0 Å². The molecule has 1 fully saturated rings. The van der Waals surface area contributed by atoms with E-state index < -0.39 is 0 Å². The molecule has 1 aliphatic rings. The lowest BCUT2D eigenvalue weighted by Crippen LogP contribution is -2.28. The van der Waals surface area contributed by atoms with Gasteiger partial charge in [-0.1, -0.05) is 6.92 Å². The molecule has 3 nitrogen and oxygen atoms in total. The van der Waals surface area contributed by atoms with Crippen LogP contribution in [0.5, 0.6) is 0 Å². The lowest BCUT2D eigenvalue weighted by molar-refractivity contribution is 0.118. The minimum atomic E-state index is 0.740. The van der Waals surface area contributed by atoms with Crippen LogP contribution in [0, 0.1) is 0 Å². The lowest BCUT2D eigenvalue weighted by Gasteiger charge is -2.20. The molecule has 0 aromatic carbocycles. The van der Waals surface area contributed by atoms with Gasteiger partial charge in [0, 0.05) is 25.8 Å². The summed E-state index contributed by atoms with van der Waals surface area (Å²) in [6.45, 7) is 7.19. The van der Waals surface area contributed by atoms with Crippen LogP contribution in [0.3, 0.4) is 0 Å². The van der Waals surface area contributed by atoms with Gasteiger partial charge in [-0.15, -0.1) is 0 Å². The van der Waals surface area contributed by atoms with E-state index in [4.69, 9.17) is 10.5 Å². The van der Waals surface area contributed by atoms with Crippen molar-refractivity contribution in [3.63, 3.8) is 0 Å². The molecular weight excluding hydrogens is 188 g/mol. The number of rotatable bonds is 10. The zero-order valence-corrected chi connectivity index (χ0v) is 10.1. The Morgan fingerprint density at radius 3 is 2.53 bits per heavy atom. The molecule has 0 aromatic heterocycles. The van der Waals surface area contributed by atoms with Crippen LogP contribution in [0.15, 0.2) is 0 Å². The zero-order valence-electron chi connectivity index (χ0n) is 10.1. The molecule has 90 valence electrons. The molecule has 2 N–H and O–H groups in total. The van der Waals surface area contributed by atoms with Crippen molar-refractivity contribution < 1.29 is 4.74 Å². The smallest absolute Gasteiger partial charge is 0.0478 e. The van der Waals surface area contributed by atoms with Crippen LogP contribution in [0.1, 0.15) is 39.0 Å². The fourth-order valence-electron chi connectivity index (χ4n) is 1.86. The quantitative estimate of drug-likeness (QED) is 0.562. The Bertz CT molecular complexity index is 149. The molecule has 1 aliphatic carbocycles. The highest BCUT2D eigenvalue weighted by Gasteiger charge is 2.27. The second-order valence-corrected chi connectivity index (χ2v) is 4.38. The summed E-state index contributed by atoms with van der Waals surface area (Å²) >= 11 is 0. The highest BCUT2D eigenvalue weighted by molar-refractivity contribution is 4.83. The van der Waals surface area contributed by atoms with E-state index in [-0.39, 0.29) is 0 Å². The third-order valence-corrected chi connectivity index (χ3v) is 2.80. The molecule has 0 aliphatic heterocycles. The highest BCUT2D eigenvalue weighted by Crippen LogP contribution is 2.26. The van der Waals surface area contributed by atoms with Crippen molar-refractivity contribution in [1.29, 1.82) is 0 Å². The molecule has 3 heteroatoms. The van der Waals surface area contributed by atoms with Gasteiger partial charge in [0.25, 0.3) is 0 Å². The van der Waals surface area contributed by atoms with Crippen LogP contribution >= 0.6 is 0 Å². The number of hydrogen-bond acceptors (Lipinski definition) is 3. The highest BCUT2D eigenvalue weighted by atomic mass is 16.5. The van der Waals surface area contributed by atoms with Crippen LogP contribution in [-0.2, 0) is 4.74 Å². The maximum Gasteiger partial charge on any atom is 0.0478 e. The van der Waals surface area contributed by atoms with Crippen molar-refractivity contribution in [2.24, 2.45) is 5.73 Å². The Morgan fingerprint density at radius 2 is 1.93 bits per heavy atom. The molecule has 0 atom stereocenters. The van der Waals surface area contributed by atoms with Gasteiger partial charge in [-0.05, 0) is 45.2 Å². The molecule has 0 radical (unpaired) electrons. The first-order chi connectivity index (χ1) is 7.38. The SMILES string of the molecule is CCCN(CCCOCCCN)C1CC1. The first-order valence-electron chi connectivity index (χ1n) is 6.40. The Balaban J connectivity index is 1.92. The van der Waals surface area contributed by atoms with Crippen LogP contribution in [0.25, 0.3) is 0 Å². The molecule has 15 heavy (non-hydrogen) atoms. The molecule has 0 spiro atoms. The number of ether oxygens (including phenoxy) is 1. The Hall–Kier alpha value is -0.120. The van der Waals surface area contributed by atoms with Gasteiger partial charge in [-0.25, -0.2) is 0 Å². The van der Waals surface area contributed by atoms with Gasteiger partial charge >= 0.3 is 0 Å². The molecule has 0 amide bonds. The predicted octanol–water partition coefficient (Wildman–Crippen LogP) is 1.62. The van der Waals surface area contributed by atoms with Gasteiger partial charge in [-0.3, -0.25) is 0 Å². The van der Waals surface area contributed by atoms with Crippen molar-refractivity contribution in [2.45, 2.75) is 45.1 Å². The Kier molecular flexibility index (Phi) is 6.98. The largest absolute Gasteiger partial charge is 0.381 e. The van der Waals surface area contributed by atoms with Crippen LogP contribution < -0.4 is 5.73 Å². The van der Waals surface area contributed by atoms with Crippen molar-refractivity contribution in [2.75, 3.05) is 32.8 Å². The average molecular weight is 214 g/mol. The van der Waals surface area contributed by atoms with Crippen LogP contribution in [0.2, 0.25) is 0 Å². The summed E-state index contributed by atoms with van der Waals surface area (Å²) < 4.78 is 5.50. The summed E-state index contributed by atoms with van der Waals surface area (Å²) in [5.74, 6) is 0. The minimum Gasteiger partial charge on any atom is -0.381 e. The maximum atomic E-state index is 5.50. The topological polar surface area (TPSA) is 38.5 Å². The van der Waals surface area contributed by atoms with E-state index in [1.807, 2.05) is 0 Å². The van der Waals surface area contributed by atoms with Gasteiger partial charge in [-0.2, -0.15) is 0 Å². The first kappa shape index (κ1) is 12.9. The molecule has 0 bridgehead atoms. The molecule has 0 heterocycles. The molecule has 1 saturated carbocycles.